The Morgan fingerprint density at radius 2 is 1.73 bits per heavy atom. The van der Waals surface area contributed by atoms with E-state index in [1.165, 1.54) is 4.90 Å². The fourth-order valence-electron chi connectivity index (χ4n) is 4.90. The average molecular weight is 478 g/mol. The van der Waals surface area contributed by atoms with Crippen molar-refractivity contribution in [2.75, 3.05) is 13.2 Å². The van der Waals surface area contributed by atoms with Crippen LogP contribution in [0.25, 0.3) is 0 Å². The van der Waals surface area contributed by atoms with Crippen LogP contribution in [0.5, 0.6) is 5.75 Å². The molecule has 1 aliphatic heterocycles. The van der Waals surface area contributed by atoms with Gasteiger partial charge in [0.15, 0.2) is 6.61 Å². The number of likely N-dealkylation sites (tertiary alicyclic amines) is 1. The van der Waals surface area contributed by atoms with Crippen LogP contribution >= 0.6 is 11.6 Å². The maximum absolute atomic E-state index is 13.0. The fraction of sp³-hybridized carbons (Fsp3) is 0.625. The smallest absolute Gasteiger partial charge is 0.410 e. The molecule has 5 atom stereocenters. The van der Waals surface area contributed by atoms with Crippen molar-refractivity contribution in [3.63, 3.8) is 0 Å². The van der Waals surface area contributed by atoms with E-state index in [9.17, 15) is 14.4 Å². The lowest BCUT2D eigenvalue weighted by molar-refractivity contribution is -0.126. The van der Waals surface area contributed by atoms with Gasteiger partial charge >= 0.3 is 6.09 Å². The summed E-state index contributed by atoms with van der Waals surface area (Å²) < 4.78 is 11.0. The summed E-state index contributed by atoms with van der Waals surface area (Å²) in [7, 11) is 0. The second-order valence-corrected chi connectivity index (χ2v) is 10.6. The summed E-state index contributed by atoms with van der Waals surface area (Å²) in [5.41, 5.74) is -0.601. The van der Waals surface area contributed by atoms with Gasteiger partial charge in [-0.15, -0.1) is 0 Å². The molecule has 3 fully saturated rings. The van der Waals surface area contributed by atoms with Gasteiger partial charge in [-0.2, -0.15) is 0 Å². The Kier molecular flexibility index (Phi) is 6.75. The Morgan fingerprint density at radius 3 is 2.39 bits per heavy atom. The minimum Gasteiger partial charge on any atom is -0.484 e. The van der Waals surface area contributed by atoms with E-state index >= 15 is 0 Å². The maximum atomic E-state index is 13.0. The molecule has 1 aromatic carbocycles. The average Bonchev–Trinajstić information content (AvgIpc) is 3.24. The van der Waals surface area contributed by atoms with Gasteiger partial charge in [0.1, 0.15) is 17.4 Å². The van der Waals surface area contributed by atoms with Crippen molar-refractivity contribution in [3.8, 4) is 5.75 Å². The third-order valence-corrected chi connectivity index (χ3v) is 6.73. The number of hydrogen-bond donors (Lipinski definition) is 2. The van der Waals surface area contributed by atoms with E-state index in [-0.39, 0.29) is 30.5 Å². The van der Waals surface area contributed by atoms with Crippen LogP contribution < -0.4 is 15.4 Å². The van der Waals surface area contributed by atoms with Gasteiger partial charge < -0.3 is 20.1 Å². The van der Waals surface area contributed by atoms with E-state index < -0.39 is 17.7 Å². The highest BCUT2D eigenvalue weighted by Gasteiger charge is 2.55. The predicted octanol–water partition coefficient (Wildman–Crippen LogP) is 3.13. The standard InChI is InChI=1S/C24H32ClN3O5/c1-24(2,3)33-23(31)28-10-4-5-20(28)22(30)27-19-12-18(16-11-17(16)19)26-21(29)13-32-15-8-6-14(25)7-9-15/h6-9,16-20H,4-5,10-13H2,1-3H3,(H,26,29)(H,27,30)/t16?,17?,18-,19+,20?/m0/s1. The summed E-state index contributed by atoms with van der Waals surface area (Å²) in [6, 6.07) is 6.38. The molecule has 3 amide bonds. The zero-order valence-corrected chi connectivity index (χ0v) is 20.1. The van der Waals surface area contributed by atoms with Gasteiger partial charge in [-0.3, -0.25) is 14.5 Å². The van der Waals surface area contributed by atoms with Crippen LogP contribution in [0, 0.1) is 11.8 Å². The zero-order valence-electron chi connectivity index (χ0n) is 19.3. The largest absolute Gasteiger partial charge is 0.484 e. The maximum Gasteiger partial charge on any atom is 0.410 e. The molecule has 0 aromatic heterocycles. The summed E-state index contributed by atoms with van der Waals surface area (Å²) in [4.78, 5) is 39.4. The quantitative estimate of drug-likeness (QED) is 0.656. The van der Waals surface area contributed by atoms with Gasteiger partial charge in [0.2, 0.25) is 5.91 Å². The molecule has 0 bridgehead atoms. The second kappa shape index (κ2) is 9.41. The van der Waals surface area contributed by atoms with E-state index in [2.05, 4.69) is 10.6 Å². The highest BCUT2D eigenvalue weighted by atomic mass is 35.5. The molecule has 2 aliphatic carbocycles. The molecule has 2 N–H and O–H groups in total. The summed E-state index contributed by atoms with van der Waals surface area (Å²) >= 11 is 5.86. The van der Waals surface area contributed by atoms with E-state index in [4.69, 9.17) is 21.1 Å². The number of benzene rings is 1. The molecule has 8 nitrogen and oxygen atoms in total. The molecule has 9 heteroatoms. The first-order valence-electron chi connectivity index (χ1n) is 11.6. The molecule has 3 unspecified atom stereocenters. The second-order valence-electron chi connectivity index (χ2n) is 10.2. The first kappa shape index (κ1) is 23.7. The van der Waals surface area contributed by atoms with Gasteiger partial charge in [0.05, 0.1) is 0 Å². The number of rotatable bonds is 6. The lowest BCUT2D eigenvalue weighted by atomic mass is 10.1. The molecule has 0 spiro atoms. The molecule has 2 saturated carbocycles. The lowest BCUT2D eigenvalue weighted by Gasteiger charge is -2.29. The highest BCUT2D eigenvalue weighted by molar-refractivity contribution is 6.30. The molecule has 1 saturated heterocycles. The van der Waals surface area contributed by atoms with Crippen molar-refractivity contribution in [1.29, 1.82) is 0 Å². The van der Waals surface area contributed by atoms with E-state index in [1.807, 2.05) is 20.8 Å². The van der Waals surface area contributed by atoms with Crippen LogP contribution in [0.2, 0.25) is 5.02 Å². The number of fused-ring (bicyclic) bond motifs is 1. The van der Waals surface area contributed by atoms with Gasteiger partial charge in [-0.1, -0.05) is 11.6 Å². The topological polar surface area (TPSA) is 97.0 Å². The third-order valence-electron chi connectivity index (χ3n) is 6.47. The van der Waals surface area contributed by atoms with Crippen molar-refractivity contribution in [1.82, 2.24) is 15.5 Å². The van der Waals surface area contributed by atoms with E-state index in [0.717, 1.165) is 12.8 Å². The number of carbonyl (C=O) groups is 3. The summed E-state index contributed by atoms with van der Waals surface area (Å²) in [6.07, 6.45) is 2.64. The van der Waals surface area contributed by atoms with Gasteiger partial charge in [0.25, 0.3) is 5.91 Å². The van der Waals surface area contributed by atoms with Crippen LogP contribution in [-0.2, 0) is 14.3 Å². The monoisotopic (exact) mass is 477 g/mol. The molecule has 0 radical (unpaired) electrons. The van der Waals surface area contributed by atoms with Crippen LogP contribution in [0.3, 0.4) is 0 Å². The van der Waals surface area contributed by atoms with Crippen molar-refractivity contribution in [2.24, 2.45) is 11.8 Å². The minimum absolute atomic E-state index is 0.00562. The summed E-state index contributed by atoms with van der Waals surface area (Å²) in [5, 5.41) is 6.80. The fourth-order valence-corrected chi connectivity index (χ4v) is 5.03. The Morgan fingerprint density at radius 1 is 1.06 bits per heavy atom. The lowest BCUT2D eigenvalue weighted by Crippen LogP contribution is -2.50. The Labute approximate surface area is 199 Å². The van der Waals surface area contributed by atoms with Gasteiger partial charge in [0, 0.05) is 23.7 Å². The van der Waals surface area contributed by atoms with E-state index in [0.29, 0.717) is 42.0 Å². The summed E-state index contributed by atoms with van der Waals surface area (Å²) in [5.74, 6) is 1.01. The van der Waals surface area contributed by atoms with Crippen LogP contribution in [-0.4, -0.2) is 59.7 Å². The molecule has 1 aromatic rings. The first-order valence-corrected chi connectivity index (χ1v) is 12.0. The molecule has 180 valence electrons. The zero-order chi connectivity index (χ0) is 23.8. The Bertz CT molecular complexity index is 900. The minimum atomic E-state index is -0.601. The van der Waals surface area contributed by atoms with Crippen LogP contribution in [0.15, 0.2) is 24.3 Å². The number of halogens is 1. The molecule has 4 rings (SSSR count). The van der Waals surface area contributed by atoms with Crippen molar-refractivity contribution >= 4 is 29.5 Å². The number of nitrogens with zero attached hydrogens (tertiary/aromatic N) is 1. The van der Waals surface area contributed by atoms with Gasteiger partial charge in [-0.05, 0) is 82.6 Å². The molecular weight excluding hydrogens is 446 g/mol. The molecule has 1 heterocycles. The third kappa shape index (κ3) is 5.91. The Hall–Kier alpha value is -2.48. The van der Waals surface area contributed by atoms with E-state index in [1.54, 1.807) is 24.3 Å². The summed E-state index contributed by atoms with van der Waals surface area (Å²) in [6.45, 7) is 5.90. The molecular formula is C24H32ClN3O5. The number of carbonyl (C=O) groups excluding carboxylic acids is 3. The predicted molar refractivity (Wildman–Crippen MR) is 123 cm³/mol. The number of nitrogens with one attached hydrogen (secondary N) is 2. The molecule has 3 aliphatic rings. The first-order chi connectivity index (χ1) is 15.6. The number of ether oxygens (including phenoxy) is 2. The SMILES string of the molecule is CC(C)(C)OC(=O)N1CCCC1C(=O)N[C@@H]1C[C@H](NC(=O)COc2ccc(Cl)cc2)C2CC21. The Balaban J connectivity index is 1.25. The number of hydrogen-bond acceptors (Lipinski definition) is 5. The van der Waals surface area contributed by atoms with Crippen molar-refractivity contribution < 1.29 is 23.9 Å². The van der Waals surface area contributed by atoms with Crippen molar-refractivity contribution in [2.45, 2.75) is 70.2 Å². The molecule has 33 heavy (non-hydrogen) atoms. The van der Waals surface area contributed by atoms with Crippen molar-refractivity contribution in [3.05, 3.63) is 29.3 Å². The van der Waals surface area contributed by atoms with Gasteiger partial charge in [-0.25, -0.2) is 4.79 Å². The van der Waals surface area contributed by atoms with Crippen LogP contribution in [0.1, 0.15) is 46.5 Å². The van der Waals surface area contributed by atoms with Crippen LogP contribution in [0.4, 0.5) is 4.79 Å². The highest BCUT2D eigenvalue weighted by Crippen LogP contribution is 2.52. The number of amides is 3. The normalized spacial score (nSPS) is 28.1.